The number of carbonyl (C=O) groups is 1. The van der Waals surface area contributed by atoms with Crippen molar-refractivity contribution in [3.05, 3.63) is 48.0 Å². The fourth-order valence-electron chi connectivity index (χ4n) is 3.11. The Morgan fingerprint density at radius 2 is 2.04 bits per heavy atom. The second kappa shape index (κ2) is 7.52. The van der Waals surface area contributed by atoms with Crippen molar-refractivity contribution >= 4 is 28.7 Å². The van der Waals surface area contributed by atoms with Crippen molar-refractivity contribution in [2.45, 2.75) is 25.2 Å². The van der Waals surface area contributed by atoms with E-state index in [0.717, 1.165) is 39.8 Å². The number of fused-ring (bicyclic) bond motifs is 2. The van der Waals surface area contributed by atoms with Gasteiger partial charge >= 0.3 is 0 Å². The Hall–Kier alpha value is -2.67. The van der Waals surface area contributed by atoms with E-state index in [1.165, 1.54) is 11.8 Å². The summed E-state index contributed by atoms with van der Waals surface area (Å²) in [6.07, 6.45) is 0. The highest BCUT2D eigenvalue weighted by atomic mass is 32.2. The van der Waals surface area contributed by atoms with Crippen LogP contribution in [0.15, 0.2) is 47.6 Å². The van der Waals surface area contributed by atoms with Gasteiger partial charge in [0.05, 0.1) is 16.8 Å². The van der Waals surface area contributed by atoms with Gasteiger partial charge in [-0.25, -0.2) is 4.98 Å². The van der Waals surface area contributed by atoms with Gasteiger partial charge in [0.15, 0.2) is 16.7 Å². The smallest absolute Gasteiger partial charge is 0.233 e. The van der Waals surface area contributed by atoms with Crippen LogP contribution >= 0.6 is 11.8 Å². The van der Waals surface area contributed by atoms with Gasteiger partial charge in [0.2, 0.25) is 12.7 Å². The zero-order chi connectivity index (χ0) is 18.8. The molecule has 0 aliphatic carbocycles. The molecule has 0 unspecified atom stereocenters. The normalized spacial score (nSPS) is 12.5. The van der Waals surface area contributed by atoms with Crippen LogP contribution in [0, 0.1) is 0 Å². The summed E-state index contributed by atoms with van der Waals surface area (Å²) in [4.78, 5) is 19.0. The van der Waals surface area contributed by atoms with Crippen LogP contribution in [0.2, 0.25) is 0 Å². The number of aromatic nitrogens is 2. The first-order valence-electron chi connectivity index (χ1n) is 8.86. The van der Waals surface area contributed by atoms with Crippen molar-refractivity contribution < 1.29 is 14.3 Å². The van der Waals surface area contributed by atoms with Gasteiger partial charge in [-0.2, -0.15) is 0 Å². The van der Waals surface area contributed by atoms with Crippen LogP contribution in [0.4, 0.5) is 0 Å². The van der Waals surface area contributed by atoms with Gasteiger partial charge in [0.1, 0.15) is 0 Å². The third kappa shape index (κ3) is 3.60. The van der Waals surface area contributed by atoms with Gasteiger partial charge in [-0.1, -0.05) is 30.0 Å². The summed E-state index contributed by atoms with van der Waals surface area (Å²) in [7, 11) is 1.82. The number of nitrogens with zero attached hydrogens (tertiary/aromatic N) is 3. The van der Waals surface area contributed by atoms with E-state index in [1.54, 1.807) is 4.90 Å². The van der Waals surface area contributed by atoms with Gasteiger partial charge in [-0.15, -0.1) is 0 Å². The van der Waals surface area contributed by atoms with Crippen LogP contribution in [-0.4, -0.2) is 40.0 Å². The van der Waals surface area contributed by atoms with Crippen LogP contribution in [0.5, 0.6) is 11.5 Å². The number of thioether (sulfide) groups is 1. The molecule has 1 aromatic heterocycles. The molecule has 0 atom stereocenters. The first kappa shape index (κ1) is 17.7. The molecule has 27 heavy (non-hydrogen) atoms. The molecule has 0 spiro atoms. The molecule has 4 rings (SSSR count). The lowest BCUT2D eigenvalue weighted by atomic mass is 10.2. The number of amides is 1. The molecule has 1 amide bonds. The molecule has 0 N–H and O–H groups in total. The molecule has 2 aromatic carbocycles. The molecule has 0 bridgehead atoms. The lowest BCUT2D eigenvalue weighted by Crippen LogP contribution is -2.27. The summed E-state index contributed by atoms with van der Waals surface area (Å²) >= 11 is 1.48. The summed E-state index contributed by atoms with van der Waals surface area (Å²) in [5.41, 5.74) is 3.08. The van der Waals surface area contributed by atoms with Crippen molar-refractivity contribution in [3.63, 3.8) is 0 Å². The van der Waals surface area contributed by atoms with Gasteiger partial charge in [0, 0.05) is 20.1 Å². The van der Waals surface area contributed by atoms with Gasteiger partial charge in [-0.05, 0) is 36.8 Å². The Morgan fingerprint density at radius 3 is 2.89 bits per heavy atom. The Labute approximate surface area is 162 Å². The van der Waals surface area contributed by atoms with E-state index in [0.29, 0.717) is 12.3 Å². The molecule has 1 aliphatic rings. The predicted octanol–water partition coefficient (Wildman–Crippen LogP) is 3.54. The molecule has 0 saturated heterocycles. The number of para-hydroxylation sites is 2. The monoisotopic (exact) mass is 383 g/mol. The van der Waals surface area contributed by atoms with Gasteiger partial charge < -0.3 is 18.9 Å². The summed E-state index contributed by atoms with van der Waals surface area (Å²) < 4.78 is 12.9. The zero-order valence-electron chi connectivity index (χ0n) is 15.3. The molecule has 2 heterocycles. The zero-order valence-corrected chi connectivity index (χ0v) is 16.2. The molecule has 1 aliphatic heterocycles. The minimum Gasteiger partial charge on any atom is -0.454 e. The van der Waals surface area contributed by atoms with Crippen LogP contribution in [0.25, 0.3) is 11.0 Å². The molecule has 0 saturated carbocycles. The average Bonchev–Trinajstić information content (AvgIpc) is 3.29. The maximum atomic E-state index is 12.6. The van der Waals surface area contributed by atoms with Gasteiger partial charge in [-0.3, -0.25) is 4.79 Å². The van der Waals surface area contributed by atoms with Crippen molar-refractivity contribution in [2.24, 2.45) is 0 Å². The fourth-order valence-corrected chi connectivity index (χ4v) is 4.13. The van der Waals surface area contributed by atoms with E-state index >= 15 is 0 Å². The van der Waals surface area contributed by atoms with Crippen molar-refractivity contribution in [3.8, 4) is 11.5 Å². The maximum absolute atomic E-state index is 12.6. The molecule has 3 aromatic rings. The SMILES string of the molecule is CCn1c(SCC(=O)N(C)Cc2ccc3c(c2)OCO3)nc2ccccc21. The summed E-state index contributed by atoms with van der Waals surface area (Å²) in [6, 6.07) is 13.8. The Bertz CT molecular complexity index is 986. The van der Waals surface area contributed by atoms with E-state index in [1.807, 2.05) is 43.4 Å². The lowest BCUT2D eigenvalue weighted by Gasteiger charge is -2.17. The minimum atomic E-state index is 0.0624. The molecular formula is C20H21N3O3S. The number of rotatable bonds is 6. The second-order valence-electron chi connectivity index (χ2n) is 6.35. The number of hydrogen-bond donors (Lipinski definition) is 0. The Balaban J connectivity index is 1.40. The molecule has 140 valence electrons. The van der Waals surface area contributed by atoms with E-state index in [9.17, 15) is 4.79 Å². The van der Waals surface area contributed by atoms with E-state index in [4.69, 9.17) is 9.47 Å². The van der Waals surface area contributed by atoms with Crippen molar-refractivity contribution in [1.82, 2.24) is 14.5 Å². The van der Waals surface area contributed by atoms with Crippen molar-refractivity contribution in [2.75, 3.05) is 19.6 Å². The predicted molar refractivity (Wildman–Crippen MR) is 105 cm³/mol. The second-order valence-corrected chi connectivity index (χ2v) is 7.30. The highest BCUT2D eigenvalue weighted by molar-refractivity contribution is 7.99. The standard InChI is InChI=1S/C20H21N3O3S/c1-3-23-16-7-5-4-6-15(16)21-20(23)27-12-19(24)22(2)11-14-8-9-17-18(10-14)26-13-25-17/h4-10H,3,11-13H2,1-2H3. The molecule has 0 radical (unpaired) electrons. The summed E-state index contributed by atoms with van der Waals surface area (Å²) in [6.45, 7) is 3.69. The fraction of sp³-hybridized carbons (Fsp3) is 0.300. The molecule has 6 nitrogen and oxygen atoms in total. The first-order valence-corrected chi connectivity index (χ1v) is 9.85. The largest absolute Gasteiger partial charge is 0.454 e. The topological polar surface area (TPSA) is 56.6 Å². The number of aryl methyl sites for hydroxylation is 1. The van der Waals surface area contributed by atoms with Crippen molar-refractivity contribution in [1.29, 1.82) is 0 Å². The van der Waals surface area contributed by atoms with Crippen LogP contribution in [0.3, 0.4) is 0 Å². The highest BCUT2D eigenvalue weighted by Crippen LogP contribution is 2.32. The average molecular weight is 383 g/mol. The first-order chi connectivity index (χ1) is 13.2. The third-order valence-corrected chi connectivity index (χ3v) is 5.50. The number of benzene rings is 2. The van der Waals surface area contributed by atoms with E-state index < -0.39 is 0 Å². The molecule has 7 heteroatoms. The molecular weight excluding hydrogens is 362 g/mol. The lowest BCUT2D eigenvalue weighted by molar-refractivity contribution is -0.127. The quantitative estimate of drug-likeness (QED) is 0.610. The molecule has 0 fully saturated rings. The van der Waals surface area contributed by atoms with E-state index in [-0.39, 0.29) is 12.7 Å². The van der Waals surface area contributed by atoms with Crippen LogP contribution in [0.1, 0.15) is 12.5 Å². The summed E-state index contributed by atoms with van der Waals surface area (Å²) in [5, 5.41) is 0.878. The van der Waals surface area contributed by atoms with Gasteiger partial charge in [0.25, 0.3) is 0 Å². The summed E-state index contributed by atoms with van der Waals surface area (Å²) in [5.74, 6) is 1.90. The third-order valence-electron chi connectivity index (χ3n) is 4.54. The number of imidazole rings is 1. The Morgan fingerprint density at radius 1 is 1.22 bits per heavy atom. The van der Waals surface area contributed by atoms with Crippen LogP contribution < -0.4 is 9.47 Å². The minimum absolute atomic E-state index is 0.0624. The highest BCUT2D eigenvalue weighted by Gasteiger charge is 2.17. The van der Waals surface area contributed by atoms with Crippen LogP contribution in [-0.2, 0) is 17.9 Å². The number of carbonyl (C=O) groups excluding carboxylic acids is 1. The number of ether oxygens (including phenoxy) is 2. The maximum Gasteiger partial charge on any atom is 0.233 e. The number of hydrogen-bond acceptors (Lipinski definition) is 5. The Kier molecular flexibility index (Phi) is 4.94. The van der Waals surface area contributed by atoms with E-state index in [2.05, 4.69) is 22.5 Å².